The summed E-state index contributed by atoms with van der Waals surface area (Å²) in [6.45, 7) is 12.6. The van der Waals surface area contributed by atoms with Gasteiger partial charge in [0, 0.05) is 0 Å². The van der Waals surface area contributed by atoms with Crippen LogP contribution in [0, 0.1) is 20.8 Å². The Bertz CT molecular complexity index is 845. The molecule has 0 bridgehead atoms. The van der Waals surface area contributed by atoms with Crippen LogP contribution >= 0.6 is 0 Å². The number of amides is 1. The maximum absolute atomic E-state index is 13.0. The first kappa shape index (κ1) is 19.0. The molecule has 1 unspecified atom stereocenters. The predicted molar refractivity (Wildman–Crippen MR) is 96.2 cm³/mol. The summed E-state index contributed by atoms with van der Waals surface area (Å²) in [6, 6.07) is 1.91. The molecule has 0 fully saturated rings. The van der Waals surface area contributed by atoms with Crippen molar-refractivity contribution < 1.29 is 28.5 Å². The van der Waals surface area contributed by atoms with E-state index in [0.29, 0.717) is 11.3 Å². The first-order valence-corrected chi connectivity index (χ1v) is 8.86. The van der Waals surface area contributed by atoms with Gasteiger partial charge in [-0.15, -0.1) is 5.01 Å². The molecule has 0 N–H and O–H groups in total. The largest absolute Gasteiger partial charge is 0.447 e. The van der Waals surface area contributed by atoms with E-state index < -0.39 is 23.9 Å². The van der Waals surface area contributed by atoms with Gasteiger partial charge in [0.05, 0.1) is 17.8 Å². The average molecular weight is 376 g/mol. The summed E-state index contributed by atoms with van der Waals surface area (Å²) >= 11 is 0. The van der Waals surface area contributed by atoms with E-state index in [4.69, 9.17) is 18.9 Å². The molecule has 1 aromatic carbocycles. The number of hydrogen-bond donors (Lipinski definition) is 0. The summed E-state index contributed by atoms with van der Waals surface area (Å²) in [5.41, 5.74) is 1.03. The Morgan fingerprint density at radius 2 is 1.81 bits per heavy atom. The Labute approximate surface area is 158 Å². The molecule has 3 rings (SSSR count). The highest BCUT2D eigenvalue weighted by atomic mass is 16.7. The second-order valence-corrected chi connectivity index (χ2v) is 7.25. The molecule has 0 aromatic heterocycles. The van der Waals surface area contributed by atoms with E-state index in [-0.39, 0.29) is 12.2 Å². The summed E-state index contributed by atoms with van der Waals surface area (Å²) in [4.78, 5) is 25.7. The highest BCUT2D eigenvalue weighted by Gasteiger charge is 2.65. The van der Waals surface area contributed by atoms with Gasteiger partial charge in [-0.3, -0.25) is 0 Å². The van der Waals surface area contributed by atoms with E-state index >= 15 is 0 Å². The van der Waals surface area contributed by atoms with Crippen LogP contribution in [0.15, 0.2) is 11.2 Å². The fourth-order valence-corrected chi connectivity index (χ4v) is 3.16. The van der Waals surface area contributed by atoms with Gasteiger partial charge in [-0.25, -0.2) is 9.59 Å². The van der Waals surface area contributed by atoms with Crippen LogP contribution in [0.1, 0.15) is 49.9 Å². The Balaban J connectivity index is 2.17. The van der Waals surface area contributed by atoms with Crippen LogP contribution in [0.3, 0.4) is 0 Å². The first-order valence-electron chi connectivity index (χ1n) is 8.86. The lowest BCUT2D eigenvalue weighted by Gasteiger charge is -2.28. The van der Waals surface area contributed by atoms with Crippen molar-refractivity contribution in [3.63, 3.8) is 0 Å². The van der Waals surface area contributed by atoms with Crippen molar-refractivity contribution in [1.29, 1.82) is 0 Å². The number of hydrazone groups is 1. The number of benzene rings is 1. The third-order valence-electron chi connectivity index (χ3n) is 4.36. The lowest BCUT2D eigenvalue weighted by atomic mass is 9.93. The molecule has 0 radical (unpaired) electrons. The highest BCUT2D eigenvalue weighted by molar-refractivity contribution is 5.96. The minimum atomic E-state index is -1.89. The zero-order valence-corrected chi connectivity index (χ0v) is 16.6. The third kappa shape index (κ3) is 2.89. The fraction of sp³-hybridized carbons (Fsp3) is 0.526. The molecule has 1 aromatic rings. The van der Waals surface area contributed by atoms with Crippen LogP contribution in [-0.2, 0) is 24.7 Å². The van der Waals surface area contributed by atoms with Gasteiger partial charge in [0.1, 0.15) is 5.75 Å². The number of carbonyl (C=O) groups is 2. The van der Waals surface area contributed by atoms with Crippen molar-refractivity contribution in [2.24, 2.45) is 5.10 Å². The van der Waals surface area contributed by atoms with Crippen molar-refractivity contribution in [2.75, 3.05) is 0 Å². The molecule has 8 nitrogen and oxygen atoms in total. The zero-order chi connectivity index (χ0) is 20.1. The SMILES string of the molecule is Cc1cc(C)c2c(c1C)OC(=O)C21OC(OC(C)C)=NN1C(=O)OC(C)C. The number of carbonyl (C=O) groups excluding carboxylic acids is 2. The van der Waals surface area contributed by atoms with Crippen LogP contribution in [0.25, 0.3) is 0 Å². The minimum Gasteiger partial charge on any atom is -0.447 e. The smallest absolute Gasteiger partial charge is 0.435 e. The zero-order valence-electron chi connectivity index (χ0n) is 16.6. The monoisotopic (exact) mass is 376 g/mol. The number of ether oxygens (including phenoxy) is 4. The molecule has 1 atom stereocenters. The molecule has 1 amide bonds. The van der Waals surface area contributed by atoms with Crippen LogP contribution < -0.4 is 4.74 Å². The molecule has 0 saturated heterocycles. The normalized spacial score (nSPS) is 20.7. The molecule has 0 saturated carbocycles. The molecule has 146 valence electrons. The lowest BCUT2D eigenvalue weighted by Crippen LogP contribution is -2.50. The Kier molecular flexibility index (Phi) is 4.53. The van der Waals surface area contributed by atoms with E-state index in [0.717, 1.165) is 21.7 Å². The van der Waals surface area contributed by atoms with Crippen molar-refractivity contribution in [1.82, 2.24) is 5.01 Å². The Hall–Kier alpha value is -2.77. The van der Waals surface area contributed by atoms with Gasteiger partial charge in [0.2, 0.25) is 0 Å². The topological polar surface area (TPSA) is 86.7 Å². The summed E-state index contributed by atoms with van der Waals surface area (Å²) < 4.78 is 22.1. The summed E-state index contributed by atoms with van der Waals surface area (Å²) in [7, 11) is 0. The number of fused-ring (bicyclic) bond motifs is 2. The van der Waals surface area contributed by atoms with Gasteiger partial charge >= 0.3 is 23.9 Å². The van der Waals surface area contributed by atoms with Gasteiger partial charge in [-0.1, -0.05) is 11.2 Å². The summed E-state index contributed by atoms with van der Waals surface area (Å²) in [6.07, 6.45) is -1.68. The van der Waals surface area contributed by atoms with E-state index in [9.17, 15) is 9.59 Å². The quantitative estimate of drug-likeness (QED) is 0.582. The van der Waals surface area contributed by atoms with E-state index in [2.05, 4.69) is 5.10 Å². The van der Waals surface area contributed by atoms with Gasteiger partial charge in [-0.05, 0) is 65.2 Å². The Morgan fingerprint density at radius 3 is 2.41 bits per heavy atom. The van der Waals surface area contributed by atoms with Crippen molar-refractivity contribution in [2.45, 2.75) is 66.4 Å². The number of nitrogens with zero attached hydrogens (tertiary/aromatic N) is 2. The van der Waals surface area contributed by atoms with Crippen molar-refractivity contribution in [3.8, 4) is 5.75 Å². The molecule has 2 heterocycles. The minimum absolute atomic E-state index is 0.187. The van der Waals surface area contributed by atoms with Gasteiger partial charge < -0.3 is 18.9 Å². The van der Waals surface area contributed by atoms with Gasteiger partial charge in [0.15, 0.2) is 0 Å². The van der Waals surface area contributed by atoms with Gasteiger partial charge in [0.25, 0.3) is 0 Å². The lowest BCUT2D eigenvalue weighted by molar-refractivity contribution is -0.165. The fourth-order valence-electron chi connectivity index (χ4n) is 3.16. The molecule has 2 aliphatic heterocycles. The van der Waals surface area contributed by atoms with E-state index in [1.54, 1.807) is 27.7 Å². The highest BCUT2D eigenvalue weighted by Crippen LogP contribution is 2.50. The Morgan fingerprint density at radius 1 is 1.15 bits per heavy atom. The van der Waals surface area contributed by atoms with Gasteiger partial charge in [-0.2, -0.15) is 0 Å². The number of esters is 1. The molecule has 8 heteroatoms. The third-order valence-corrected chi connectivity index (χ3v) is 4.36. The number of aryl methyl sites for hydroxylation is 2. The standard InChI is InChI=1S/C19H24N2O6/c1-9(2)24-17-20-21(18(23)25-10(3)4)19(27-17)14-12(6)8-11(5)13(7)15(14)26-16(19)22/h8-10H,1-7H3. The molecular weight excluding hydrogens is 352 g/mol. The summed E-state index contributed by atoms with van der Waals surface area (Å²) in [5.74, 6) is -0.387. The van der Waals surface area contributed by atoms with E-state index in [1.807, 2.05) is 26.8 Å². The first-order chi connectivity index (χ1) is 12.6. The van der Waals surface area contributed by atoms with Crippen LogP contribution in [0.2, 0.25) is 0 Å². The molecular formula is C19H24N2O6. The maximum atomic E-state index is 13.0. The second kappa shape index (κ2) is 6.44. The maximum Gasteiger partial charge on any atom is 0.435 e. The van der Waals surface area contributed by atoms with Crippen molar-refractivity contribution in [3.05, 3.63) is 28.3 Å². The molecule has 0 aliphatic carbocycles. The van der Waals surface area contributed by atoms with Crippen LogP contribution in [0.5, 0.6) is 5.75 Å². The molecule has 1 spiro atoms. The molecule has 2 aliphatic rings. The number of hydrogen-bond acceptors (Lipinski definition) is 7. The van der Waals surface area contributed by atoms with Crippen molar-refractivity contribution >= 4 is 18.1 Å². The average Bonchev–Trinajstić information content (AvgIpc) is 3.04. The molecule has 27 heavy (non-hydrogen) atoms. The second-order valence-electron chi connectivity index (χ2n) is 7.25. The predicted octanol–water partition coefficient (Wildman–Crippen LogP) is 3.26. The van der Waals surface area contributed by atoms with E-state index in [1.165, 1.54) is 0 Å². The number of rotatable bonds is 2. The van der Waals surface area contributed by atoms with Crippen LogP contribution in [-0.4, -0.2) is 35.4 Å². The summed E-state index contributed by atoms with van der Waals surface area (Å²) in [5, 5.41) is 4.96. The van der Waals surface area contributed by atoms with Crippen LogP contribution in [0.4, 0.5) is 4.79 Å².